The number of nitrogens with one attached hydrogen (secondary N) is 2. The molecule has 0 aromatic carbocycles. The van der Waals surface area contributed by atoms with Crippen molar-refractivity contribution in [2.75, 3.05) is 11.2 Å². The second-order valence-electron chi connectivity index (χ2n) is 1.66. The van der Waals surface area contributed by atoms with Crippen molar-refractivity contribution in [1.29, 1.82) is 5.53 Å². The second kappa shape index (κ2) is 2.77. The molecule has 0 saturated heterocycles. The molecular formula is C5H7N5. The molecule has 52 valence electrons. The van der Waals surface area contributed by atoms with Crippen molar-refractivity contribution in [3.8, 4) is 0 Å². The van der Waals surface area contributed by atoms with Crippen LogP contribution < -0.4 is 11.2 Å². The van der Waals surface area contributed by atoms with Gasteiger partial charge in [-0.2, -0.15) is 5.53 Å². The molecule has 0 amide bonds. The second-order valence-corrected chi connectivity index (χ2v) is 1.66. The summed E-state index contributed by atoms with van der Waals surface area (Å²) in [6.07, 6.45) is 1.57. The van der Waals surface area contributed by atoms with Crippen molar-refractivity contribution >= 4 is 11.5 Å². The number of nitrogens with zero attached hydrogens (tertiary/aromatic N) is 2. The number of rotatable bonds is 2. The SMILES string of the molecule is N=NNc1cccnc1N. The van der Waals surface area contributed by atoms with E-state index in [2.05, 4.69) is 15.6 Å². The molecule has 10 heavy (non-hydrogen) atoms. The topological polar surface area (TPSA) is 87.2 Å². The van der Waals surface area contributed by atoms with Crippen LogP contribution in [0, 0.1) is 5.53 Å². The summed E-state index contributed by atoms with van der Waals surface area (Å²) in [6, 6.07) is 3.41. The molecule has 5 heteroatoms. The Morgan fingerprint density at radius 1 is 1.70 bits per heavy atom. The minimum atomic E-state index is 0.346. The van der Waals surface area contributed by atoms with Crippen LogP contribution >= 0.6 is 0 Å². The van der Waals surface area contributed by atoms with E-state index in [0.717, 1.165) is 0 Å². The first-order valence-electron chi connectivity index (χ1n) is 2.67. The average molecular weight is 137 g/mol. The van der Waals surface area contributed by atoms with Crippen molar-refractivity contribution in [2.24, 2.45) is 5.22 Å². The number of nitrogens with two attached hydrogens (primary N) is 1. The number of pyridine rings is 1. The predicted molar refractivity (Wildman–Crippen MR) is 37.4 cm³/mol. The van der Waals surface area contributed by atoms with E-state index in [9.17, 15) is 0 Å². The van der Waals surface area contributed by atoms with Gasteiger partial charge < -0.3 is 5.73 Å². The normalized spacial score (nSPS) is 8.80. The van der Waals surface area contributed by atoms with Gasteiger partial charge in [-0.05, 0) is 12.1 Å². The molecule has 0 aliphatic rings. The van der Waals surface area contributed by atoms with Gasteiger partial charge in [-0.15, -0.1) is 0 Å². The molecule has 0 radical (unpaired) electrons. The Bertz CT molecular complexity index is 233. The van der Waals surface area contributed by atoms with Crippen LogP contribution in [0.4, 0.5) is 11.5 Å². The molecular weight excluding hydrogens is 130 g/mol. The van der Waals surface area contributed by atoms with Crippen LogP contribution in [0.3, 0.4) is 0 Å². The summed E-state index contributed by atoms with van der Waals surface area (Å²) in [6.45, 7) is 0. The number of anilines is 2. The summed E-state index contributed by atoms with van der Waals surface area (Å²) in [5.74, 6) is 0.346. The van der Waals surface area contributed by atoms with E-state index >= 15 is 0 Å². The van der Waals surface area contributed by atoms with E-state index in [4.69, 9.17) is 11.3 Å². The molecule has 0 spiro atoms. The monoisotopic (exact) mass is 137 g/mol. The Labute approximate surface area is 57.7 Å². The van der Waals surface area contributed by atoms with E-state index in [0.29, 0.717) is 11.5 Å². The molecule has 5 nitrogen and oxygen atoms in total. The zero-order chi connectivity index (χ0) is 7.40. The molecule has 1 heterocycles. The standard InChI is InChI=1S/C5H7N5/c6-5-4(9-10-7)2-1-3-8-5/h1-3H,(H2,6,8)(H2,7,9). The third kappa shape index (κ3) is 1.19. The van der Waals surface area contributed by atoms with Gasteiger partial charge in [-0.1, -0.05) is 5.22 Å². The smallest absolute Gasteiger partial charge is 0.148 e. The van der Waals surface area contributed by atoms with Gasteiger partial charge in [0.2, 0.25) is 0 Å². The summed E-state index contributed by atoms with van der Waals surface area (Å²) >= 11 is 0. The highest BCUT2D eigenvalue weighted by molar-refractivity contribution is 5.60. The van der Waals surface area contributed by atoms with Gasteiger partial charge in [0, 0.05) is 6.20 Å². The van der Waals surface area contributed by atoms with Crippen molar-refractivity contribution in [3.05, 3.63) is 18.3 Å². The molecule has 0 aliphatic heterocycles. The van der Waals surface area contributed by atoms with Crippen LogP contribution in [0.25, 0.3) is 0 Å². The predicted octanol–water partition coefficient (Wildman–Crippen LogP) is 1.02. The average Bonchev–Trinajstić information content (AvgIpc) is 1.94. The van der Waals surface area contributed by atoms with Crippen molar-refractivity contribution in [2.45, 2.75) is 0 Å². The number of hydrogen-bond donors (Lipinski definition) is 3. The minimum Gasteiger partial charge on any atom is -0.382 e. The summed E-state index contributed by atoms with van der Waals surface area (Å²) in [7, 11) is 0. The minimum absolute atomic E-state index is 0.346. The summed E-state index contributed by atoms with van der Waals surface area (Å²) < 4.78 is 0. The maximum Gasteiger partial charge on any atom is 0.148 e. The van der Waals surface area contributed by atoms with E-state index in [1.807, 2.05) is 0 Å². The lowest BCUT2D eigenvalue weighted by Gasteiger charge is -1.98. The lowest BCUT2D eigenvalue weighted by molar-refractivity contribution is 1.05. The van der Waals surface area contributed by atoms with E-state index < -0.39 is 0 Å². The molecule has 1 aromatic rings. The molecule has 1 aromatic heterocycles. The zero-order valence-electron chi connectivity index (χ0n) is 5.20. The fraction of sp³-hybridized carbons (Fsp3) is 0. The fourth-order valence-electron chi connectivity index (χ4n) is 0.572. The third-order valence-electron chi connectivity index (χ3n) is 1.01. The molecule has 1 rings (SSSR count). The van der Waals surface area contributed by atoms with Gasteiger partial charge >= 0.3 is 0 Å². The first-order valence-corrected chi connectivity index (χ1v) is 2.67. The maximum atomic E-state index is 6.47. The van der Waals surface area contributed by atoms with Gasteiger partial charge in [-0.3, -0.25) is 5.43 Å². The van der Waals surface area contributed by atoms with E-state index in [1.54, 1.807) is 18.3 Å². The zero-order valence-corrected chi connectivity index (χ0v) is 5.20. The molecule has 0 unspecified atom stereocenters. The van der Waals surface area contributed by atoms with Crippen LogP contribution in [-0.4, -0.2) is 4.98 Å². The van der Waals surface area contributed by atoms with Gasteiger partial charge in [-0.25, -0.2) is 4.98 Å². The summed E-state index contributed by atoms with van der Waals surface area (Å²) in [5.41, 5.74) is 14.8. The molecule has 0 saturated carbocycles. The Kier molecular flexibility index (Phi) is 1.79. The highest BCUT2D eigenvalue weighted by Gasteiger charge is 1.93. The summed E-state index contributed by atoms with van der Waals surface area (Å²) in [4.78, 5) is 3.77. The van der Waals surface area contributed by atoms with Crippen LogP contribution in [-0.2, 0) is 0 Å². The van der Waals surface area contributed by atoms with Gasteiger partial charge in [0.1, 0.15) is 5.82 Å². The van der Waals surface area contributed by atoms with Crippen molar-refractivity contribution < 1.29 is 0 Å². The number of aromatic nitrogens is 1. The van der Waals surface area contributed by atoms with E-state index in [1.165, 1.54) is 0 Å². The first-order chi connectivity index (χ1) is 4.84. The number of hydrogen-bond acceptors (Lipinski definition) is 4. The van der Waals surface area contributed by atoms with Crippen LogP contribution in [0.2, 0.25) is 0 Å². The fourth-order valence-corrected chi connectivity index (χ4v) is 0.572. The lowest BCUT2D eigenvalue weighted by atomic mass is 10.4. The first kappa shape index (κ1) is 6.47. The quantitative estimate of drug-likeness (QED) is 0.420. The molecule has 0 bridgehead atoms. The van der Waals surface area contributed by atoms with Crippen molar-refractivity contribution in [3.63, 3.8) is 0 Å². The van der Waals surface area contributed by atoms with Crippen LogP contribution in [0.1, 0.15) is 0 Å². The highest BCUT2D eigenvalue weighted by Crippen LogP contribution is 2.12. The van der Waals surface area contributed by atoms with Crippen molar-refractivity contribution in [1.82, 2.24) is 4.98 Å². The van der Waals surface area contributed by atoms with Crippen LogP contribution in [0.15, 0.2) is 23.6 Å². The largest absolute Gasteiger partial charge is 0.382 e. The van der Waals surface area contributed by atoms with E-state index in [-0.39, 0.29) is 0 Å². The number of nitrogen functional groups attached to an aromatic ring is 1. The Morgan fingerprint density at radius 3 is 3.10 bits per heavy atom. The molecule has 0 fully saturated rings. The Balaban J connectivity index is 2.91. The molecule has 0 aliphatic carbocycles. The molecule has 4 N–H and O–H groups in total. The Hall–Kier alpha value is -1.65. The third-order valence-corrected chi connectivity index (χ3v) is 1.01. The highest BCUT2D eigenvalue weighted by atomic mass is 15.4. The summed E-state index contributed by atoms with van der Waals surface area (Å²) in [5, 5.41) is 2.95. The van der Waals surface area contributed by atoms with Gasteiger partial charge in [0.05, 0.1) is 5.69 Å². The Morgan fingerprint density at radius 2 is 2.50 bits per heavy atom. The van der Waals surface area contributed by atoms with Gasteiger partial charge in [0.25, 0.3) is 0 Å². The van der Waals surface area contributed by atoms with Gasteiger partial charge in [0.15, 0.2) is 0 Å². The molecule has 0 atom stereocenters. The van der Waals surface area contributed by atoms with Crippen LogP contribution in [0.5, 0.6) is 0 Å². The maximum absolute atomic E-state index is 6.47. The lowest BCUT2D eigenvalue weighted by Crippen LogP contribution is -1.95.